The summed E-state index contributed by atoms with van der Waals surface area (Å²) < 4.78 is 0. The quantitative estimate of drug-likeness (QED) is 0.925. The zero-order valence-corrected chi connectivity index (χ0v) is 13.0. The van der Waals surface area contributed by atoms with Crippen LogP contribution in [0.3, 0.4) is 0 Å². The molecule has 1 aromatic rings. The lowest BCUT2D eigenvalue weighted by Gasteiger charge is -2.20. The highest BCUT2D eigenvalue weighted by Crippen LogP contribution is 2.26. The summed E-state index contributed by atoms with van der Waals surface area (Å²) in [6, 6.07) is 3.59. The van der Waals surface area contributed by atoms with Crippen molar-refractivity contribution in [3.8, 4) is 0 Å². The molecule has 0 aromatic heterocycles. The van der Waals surface area contributed by atoms with E-state index in [4.69, 9.17) is 0 Å². The molecule has 1 amide bonds. The van der Waals surface area contributed by atoms with Gasteiger partial charge in [0, 0.05) is 13.1 Å². The molecule has 0 bridgehead atoms. The molecule has 0 saturated carbocycles. The van der Waals surface area contributed by atoms with Gasteiger partial charge in [0.25, 0.3) is 5.91 Å². The predicted molar refractivity (Wildman–Crippen MR) is 81.8 cm³/mol. The van der Waals surface area contributed by atoms with Crippen molar-refractivity contribution in [3.05, 3.63) is 34.4 Å². The van der Waals surface area contributed by atoms with Crippen molar-refractivity contribution in [3.63, 3.8) is 0 Å². The molecule has 0 radical (unpaired) electrons. The highest BCUT2D eigenvalue weighted by atomic mass is 16.4. The Morgan fingerprint density at radius 1 is 1.24 bits per heavy atom. The van der Waals surface area contributed by atoms with Gasteiger partial charge in [0.05, 0.1) is 11.1 Å². The van der Waals surface area contributed by atoms with Gasteiger partial charge in [-0.15, -0.1) is 0 Å². The first kappa shape index (κ1) is 15.5. The minimum atomic E-state index is -1.02. The smallest absolute Gasteiger partial charge is 0.336 e. The molecule has 1 fully saturated rings. The van der Waals surface area contributed by atoms with E-state index in [2.05, 4.69) is 6.92 Å². The Kier molecular flexibility index (Phi) is 4.66. The Labute approximate surface area is 125 Å². The summed E-state index contributed by atoms with van der Waals surface area (Å²) in [4.78, 5) is 26.1. The molecule has 1 N–H and O–H groups in total. The Morgan fingerprint density at radius 2 is 1.86 bits per heavy atom. The van der Waals surface area contributed by atoms with E-state index in [1.165, 1.54) is 0 Å². The molecule has 1 aromatic carbocycles. The van der Waals surface area contributed by atoms with Gasteiger partial charge in [-0.05, 0) is 43.7 Å². The number of aromatic carboxylic acids is 1. The normalized spacial score (nSPS) is 18.0. The molecule has 1 aliphatic heterocycles. The zero-order chi connectivity index (χ0) is 15.6. The number of carboxylic acid groups (broad SMARTS) is 1. The molecule has 2 rings (SSSR count). The Bertz CT molecular complexity index is 565. The fraction of sp³-hybridized carbons (Fsp3) is 0.529. The molecule has 4 nitrogen and oxygen atoms in total. The molecule has 0 spiro atoms. The minimum Gasteiger partial charge on any atom is -0.478 e. The second-order valence-corrected chi connectivity index (χ2v) is 5.95. The van der Waals surface area contributed by atoms with Crippen molar-refractivity contribution >= 4 is 11.9 Å². The first-order valence-electron chi connectivity index (χ1n) is 7.58. The van der Waals surface area contributed by atoms with Crippen LogP contribution in [0.4, 0.5) is 0 Å². The highest BCUT2D eigenvalue weighted by Gasteiger charge is 2.30. The third-order valence-corrected chi connectivity index (χ3v) is 4.32. The Balaban J connectivity index is 2.32. The Morgan fingerprint density at radius 3 is 2.43 bits per heavy atom. The van der Waals surface area contributed by atoms with Crippen LogP contribution < -0.4 is 0 Å². The third kappa shape index (κ3) is 3.09. The van der Waals surface area contributed by atoms with E-state index in [-0.39, 0.29) is 11.5 Å². The largest absolute Gasteiger partial charge is 0.478 e. The molecule has 114 valence electrons. The number of hydrogen-bond acceptors (Lipinski definition) is 2. The number of carbonyl (C=O) groups excluding carboxylic acids is 1. The number of carbonyl (C=O) groups is 2. The number of aryl methyl sites for hydroxylation is 2. The molecule has 1 unspecified atom stereocenters. The molecule has 1 aliphatic rings. The van der Waals surface area contributed by atoms with Crippen LogP contribution in [-0.2, 0) is 0 Å². The van der Waals surface area contributed by atoms with Crippen LogP contribution >= 0.6 is 0 Å². The maximum absolute atomic E-state index is 12.8. The summed E-state index contributed by atoms with van der Waals surface area (Å²) >= 11 is 0. The molecule has 0 aliphatic carbocycles. The van der Waals surface area contributed by atoms with Gasteiger partial charge in [0.15, 0.2) is 0 Å². The lowest BCUT2D eigenvalue weighted by Crippen LogP contribution is -2.31. The van der Waals surface area contributed by atoms with Gasteiger partial charge in [-0.1, -0.05) is 25.5 Å². The number of hydrogen-bond donors (Lipinski definition) is 1. The van der Waals surface area contributed by atoms with Crippen LogP contribution in [0, 0.1) is 19.8 Å². The van der Waals surface area contributed by atoms with Crippen LogP contribution in [0.1, 0.15) is 58.0 Å². The third-order valence-electron chi connectivity index (χ3n) is 4.32. The maximum atomic E-state index is 12.8. The predicted octanol–water partition coefficient (Wildman–Crippen LogP) is 3.26. The van der Waals surface area contributed by atoms with Crippen molar-refractivity contribution in [2.75, 3.05) is 13.1 Å². The van der Waals surface area contributed by atoms with Gasteiger partial charge >= 0.3 is 5.97 Å². The van der Waals surface area contributed by atoms with E-state index in [9.17, 15) is 14.7 Å². The van der Waals surface area contributed by atoms with Crippen molar-refractivity contribution in [1.29, 1.82) is 0 Å². The summed E-state index contributed by atoms with van der Waals surface area (Å²) in [6.45, 7) is 7.18. The monoisotopic (exact) mass is 289 g/mol. The minimum absolute atomic E-state index is 0.132. The molecular weight excluding hydrogens is 266 g/mol. The van der Waals surface area contributed by atoms with Crippen LogP contribution in [-0.4, -0.2) is 35.0 Å². The maximum Gasteiger partial charge on any atom is 0.336 e. The number of amides is 1. The first-order valence-corrected chi connectivity index (χ1v) is 7.58. The van der Waals surface area contributed by atoms with Gasteiger partial charge in [0.1, 0.15) is 0 Å². The standard InChI is InChI=1S/C17H23NO3/c1-4-5-13-8-9-18(10-13)16(19)14-11(2)6-7-12(3)15(14)17(20)21/h6-7,13H,4-5,8-10H2,1-3H3,(H,20,21). The van der Waals surface area contributed by atoms with E-state index in [1.807, 2.05) is 11.0 Å². The fourth-order valence-electron chi connectivity index (χ4n) is 3.18. The van der Waals surface area contributed by atoms with Crippen molar-refractivity contribution in [1.82, 2.24) is 4.90 Å². The number of nitrogens with zero attached hydrogens (tertiary/aromatic N) is 1. The van der Waals surface area contributed by atoms with Crippen LogP contribution in [0.2, 0.25) is 0 Å². The summed E-state index contributed by atoms with van der Waals surface area (Å²) in [5.74, 6) is -0.603. The topological polar surface area (TPSA) is 57.6 Å². The van der Waals surface area contributed by atoms with Gasteiger partial charge in [-0.2, -0.15) is 0 Å². The number of rotatable bonds is 4. The molecule has 4 heteroatoms. The molecule has 1 heterocycles. The second-order valence-electron chi connectivity index (χ2n) is 5.95. The highest BCUT2D eigenvalue weighted by molar-refractivity contribution is 6.06. The second kappa shape index (κ2) is 6.29. The molecule has 1 atom stereocenters. The van der Waals surface area contributed by atoms with Gasteiger partial charge < -0.3 is 10.0 Å². The molecule has 21 heavy (non-hydrogen) atoms. The Hall–Kier alpha value is -1.84. The fourth-order valence-corrected chi connectivity index (χ4v) is 3.18. The average molecular weight is 289 g/mol. The SMILES string of the molecule is CCCC1CCN(C(=O)c2c(C)ccc(C)c2C(=O)O)C1. The average Bonchev–Trinajstić information content (AvgIpc) is 2.89. The van der Waals surface area contributed by atoms with Crippen molar-refractivity contribution in [2.45, 2.75) is 40.0 Å². The van der Waals surface area contributed by atoms with Crippen molar-refractivity contribution in [2.24, 2.45) is 5.92 Å². The van der Waals surface area contributed by atoms with Crippen molar-refractivity contribution < 1.29 is 14.7 Å². The van der Waals surface area contributed by atoms with E-state index >= 15 is 0 Å². The zero-order valence-electron chi connectivity index (χ0n) is 13.0. The van der Waals surface area contributed by atoms with E-state index < -0.39 is 5.97 Å². The number of carboxylic acids is 1. The lowest BCUT2D eigenvalue weighted by atomic mass is 9.96. The summed E-state index contributed by atoms with van der Waals surface area (Å²) in [7, 11) is 0. The summed E-state index contributed by atoms with van der Waals surface area (Å²) in [5, 5.41) is 9.43. The van der Waals surface area contributed by atoms with Crippen LogP contribution in [0.5, 0.6) is 0 Å². The summed E-state index contributed by atoms with van der Waals surface area (Å²) in [5.41, 5.74) is 1.89. The summed E-state index contributed by atoms with van der Waals surface area (Å²) in [6.07, 6.45) is 3.27. The number of likely N-dealkylation sites (tertiary alicyclic amines) is 1. The van der Waals surface area contributed by atoms with E-state index in [0.29, 0.717) is 17.0 Å². The lowest BCUT2D eigenvalue weighted by molar-refractivity contribution is 0.0679. The van der Waals surface area contributed by atoms with Gasteiger partial charge in [-0.3, -0.25) is 4.79 Å². The van der Waals surface area contributed by atoms with Crippen LogP contribution in [0.15, 0.2) is 12.1 Å². The van der Waals surface area contributed by atoms with E-state index in [1.54, 1.807) is 19.9 Å². The molecule has 1 saturated heterocycles. The first-order chi connectivity index (χ1) is 9.95. The van der Waals surface area contributed by atoms with Gasteiger partial charge in [0.2, 0.25) is 0 Å². The van der Waals surface area contributed by atoms with Crippen LogP contribution in [0.25, 0.3) is 0 Å². The molecular formula is C17H23NO3. The number of benzene rings is 1. The van der Waals surface area contributed by atoms with E-state index in [0.717, 1.165) is 37.9 Å². The van der Waals surface area contributed by atoms with Gasteiger partial charge in [-0.25, -0.2) is 4.79 Å².